The SMILES string of the molecule is O=C(O)/C=C/c1ccc(O)cc1.O=C(O)c1ccc(O)cc1. The molecule has 0 atom stereocenters. The van der Waals surface area contributed by atoms with Crippen molar-refractivity contribution >= 4 is 18.0 Å². The molecule has 22 heavy (non-hydrogen) atoms. The minimum atomic E-state index is -0.986. The van der Waals surface area contributed by atoms with Crippen LogP contribution in [0.5, 0.6) is 11.5 Å². The average Bonchev–Trinajstić information content (AvgIpc) is 2.48. The molecule has 0 amide bonds. The van der Waals surface area contributed by atoms with Crippen molar-refractivity contribution in [3.8, 4) is 11.5 Å². The maximum atomic E-state index is 10.2. The highest BCUT2D eigenvalue weighted by Gasteiger charge is 1.99. The first-order chi connectivity index (χ1) is 10.4. The smallest absolute Gasteiger partial charge is 0.335 e. The molecule has 4 N–H and O–H groups in total. The molecule has 0 aliphatic heterocycles. The summed E-state index contributed by atoms with van der Waals surface area (Å²) in [5, 5.41) is 34.3. The van der Waals surface area contributed by atoms with E-state index in [9.17, 15) is 9.59 Å². The Morgan fingerprint density at radius 1 is 0.773 bits per heavy atom. The molecule has 0 radical (unpaired) electrons. The van der Waals surface area contributed by atoms with Crippen molar-refractivity contribution < 1.29 is 30.0 Å². The molecule has 6 heteroatoms. The summed E-state index contributed by atoms with van der Waals surface area (Å²) in [7, 11) is 0. The zero-order chi connectivity index (χ0) is 16.5. The van der Waals surface area contributed by atoms with Gasteiger partial charge in [-0.05, 0) is 48.0 Å². The second-order valence-corrected chi connectivity index (χ2v) is 4.12. The van der Waals surface area contributed by atoms with Gasteiger partial charge in [0, 0.05) is 6.08 Å². The van der Waals surface area contributed by atoms with Gasteiger partial charge in [-0.2, -0.15) is 0 Å². The van der Waals surface area contributed by atoms with Crippen molar-refractivity contribution in [2.24, 2.45) is 0 Å². The zero-order valence-electron chi connectivity index (χ0n) is 11.4. The molecule has 0 aromatic heterocycles. The van der Waals surface area contributed by atoms with Gasteiger partial charge in [-0.3, -0.25) is 0 Å². The van der Waals surface area contributed by atoms with Crippen molar-refractivity contribution in [1.29, 1.82) is 0 Å². The van der Waals surface area contributed by atoms with E-state index in [1.807, 2.05) is 0 Å². The van der Waals surface area contributed by atoms with Crippen LogP contribution >= 0.6 is 0 Å². The Bertz CT molecular complexity index is 656. The van der Waals surface area contributed by atoms with Gasteiger partial charge in [0.25, 0.3) is 0 Å². The molecule has 2 rings (SSSR count). The predicted octanol–water partition coefficient (Wildman–Crippen LogP) is 2.58. The number of carboxylic acid groups (broad SMARTS) is 2. The van der Waals surface area contributed by atoms with Crippen LogP contribution in [0.4, 0.5) is 0 Å². The molecular weight excluding hydrogens is 288 g/mol. The molecule has 0 bridgehead atoms. The van der Waals surface area contributed by atoms with Gasteiger partial charge in [0.1, 0.15) is 11.5 Å². The minimum absolute atomic E-state index is 0.0741. The molecule has 6 nitrogen and oxygen atoms in total. The lowest BCUT2D eigenvalue weighted by Gasteiger charge is -1.92. The molecule has 0 unspecified atom stereocenters. The minimum Gasteiger partial charge on any atom is -0.508 e. The van der Waals surface area contributed by atoms with E-state index < -0.39 is 11.9 Å². The lowest BCUT2D eigenvalue weighted by molar-refractivity contribution is -0.131. The third kappa shape index (κ3) is 6.25. The summed E-state index contributed by atoms with van der Waals surface area (Å²) in [6.45, 7) is 0. The first-order valence-corrected chi connectivity index (χ1v) is 6.11. The Hall–Kier alpha value is -3.28. The maximum absolute atomic E-state index is 10.2. The summed E-state index contributed by atoms with van der Waals surface area (Å²) in [6, 6.07) is 11.6. The number of hydrogen-bond acceptors (Lipinski definition) is 4. The summed E-state index contributed by atoms with van der Waals surface area (Å²) in [5.74, 6) is -1.73. The van der Waals surface area contributed by atoms with Crippen molar-refractivity contribution in [3.63, 3.8) is 0 Å². The number of carbonyl (C=O) groups is 2. The molecule has 0 saturated carbocycles. The van der Waals surface area contributed by atoms with Crippen LogP contribution in [0.3, 0.4) is 0 Å². The van der Waals surface area contributed by atoms with Crippen LogP contribution in [0, 0.1) is 0 Å². The predicted molar refractivity (Wildman–Crippen MR) is 79.8 cm³/mol. The number of hydrogen-bond donors (Lipinski definition) is 4. The Kier molecular flexibility index (Phi) is 6.18. The quantitative estimate of drug-likeness (QED) is 0.648. The van der Waals surface area contributed by atoms with Gasteiger partial charge in [-0.25, -0.2) is 9.59 Å². The van der Waals surface area contributed by atoms with Crippen molar-refractivity contribution in [2.75, 3.05) is 0 Å². The number of aromatic carboxylic acids is 1. The van der Waals surface area contributed by atoms with E-state index in [1.54, 1.807) is 12.1 Å². The molecule has 0 aliphatic rings. The van der Waals surface area contributed by atoms with Crippen molar-refractivity contribution in [3.05, 3.63) is 65.7 Å². The Balaban J connectivity index is 0.000000224. The molecule has 0 heterocycles. The van der Waals surface area contributed by atoms with E-state index in [4.69, 9.17) is 20.4 Å². The summed E-state index contributed by atoms with van der Waals surface area (Å²) >= 11 is 0. The average molecular weight is 302 g/mol. The van der Waals surface area contributed by atoms with Crippen LogP contribution in [0.2, 0.25) is 0 Å². The number of rotatable bonds is 3. The second kappa shape index (κ2) is 8.11. The number of aromatic hydroxyl groups is 2. The Morgan fingerprint density at radius 3 is 1.64 bits per heavy atom. The lowest BCUT2D eigenvalue weighted by Crippen LogP contribution is -1.93. The van der Waals surface area contributed by atoms with E-state index in [1.165, 1.54) is 42.5 Å². The summed E-state index contributed by atoms with van der Waals surface area (Å²) < 4.78 is 0. The molecule has 0 saturated heterocycles. The first-order valence-electron chi connectivity index (χ1n) is 6.11. The molecular formula is C16H14O6. The van der Waals surface area contributed by atoms with Gasteiger partial charge < -0.3 is 20.4 Å². The van der Waals surface area contributed by atoms with Gasteiger partial charge in [0.15, 0.2) is 0 Å². The fourth-order valence-electron chi connectivity index (χ4n) is 1.36. The zero-order valence-corrected chi connectivity index (χ0v) is 11.4. The van der Waals surface area contributed by atoms with Crippen LogP contribution in [-0.2, 0) is 4.79 Å². The molecule has 0 spiro atoms. The summed E-state index contributed by atoms with van der Waals surface area (Å²) in [6.07, 6.45) is 2.51. The van der Waals surface area contributed by atoms with Crippen LogP contribution in [0.15, 0.2) is 54.6 Å². The van der Waals surface area contributed by atoms with Crippen molar-refractivity contribution in [1.82, 2.24) is 0 Å². The van der Waals surface area contributed by atoms with Crippen LogP contribution < -0.4 is 0 Å². The molecule has 114 valence electrons. The molecule has 2 aromatic carbocycles. The highest BCUT2D eigenvalue weighted by molar-refractivity contribution is 5.87. The number of benzene rings is 2. The number of carboxylic acids is 2. The third-order valence-corrected chi connectivity index (χ3v) is 2.43. The number of phenols is 2. The normalized spacial score (nSPS) is 9.82. The second-order valence-electron chi connectivity index (χ2n) is 4.12. The van der Waals surface area contributed by atoms with Crippen LogP contribution in [0.1, 0.15) is 15.9 Å². The van der Waals surface area contributed by atoms with Gasteiger partial charge in [-0.15, -0.1) is 0 Å². The van der Waals surface area contributed by atoms with Crippen molar-refractivity contribution in [2.45, 2.75) is 0 Å². The summed E-state index contributed by atoms with van der Waals surface area (Å²) in [4.78, 5) is 20.3. The molecule has 0 aliphatic carbocycles. The summed E-state index contributed by atoms with van der Waals surface area (Å²) in [5.41, 5.74) is 0.924. The van der Waals surface area contributed by atoms with E-state index in [0.29, 0.717) is 0 Å². The highest BCUT2D eigenvalue weighted by Crippen LogP contribution is 2.10. The van der Waals surface area contributed by atoms with Gasteiger partial charge >= 0.3 is 11.9 Å². The van der Waals surface area contributed by atoms with Gasteiger partial charge in [-0.1, -0.05) is 12.1 Å². The van der Waals surface area contributed by atoms with Gasteiger partial charge in [0.05, 0.1) is 5.56 Å². The highest BCUT2D eigenvalue weighted by atomic mass is 16.4. The number of phenolic OH excluding ortho intramolecular Hbond substituents is 2. The van der Waals surface area contributed by atoms with Crippen LogP contribution in [0.25, 0.3) is 6.08 Å². The maximum Gasteiger partial charge on any atom is 0.335 e. The first kappa shape index (κ1) is 16.8. The fraction of sp³-hybridized carbons (Fsp3) is 0. The van der Waals surface area contributed by atoms with E-state index in [2.05, 4.69) is 0 Å². The van der Waals surface area contributed by atoms with E-state index >= 15 is 0 Å². The number of aliphatic carboxylic acids is 1. The largest absolute Gasteiger partial charge is 0.508 e. The lowest BCUT2D eigenvalue weighted by atomic mass is 10.2. The fourth-order valence-corrected chi connectivity index (χ4v) is 1.36. The van der Waals surface area contributed by atoms with E-state index in [-0.39, 0.29) is 17.1 Å². The Morgan fingerprint density at radius 2 is 1.23 bits per heavy atom. The van der Waals surface area contributed by atoms with Gasteiger partial charge in [0.2, 0.25) is 0 Å². The standard InChI is InChI=1S/C9H8O3.C7H6O3/c10-8-4-1-7(2-5-8)3-6-9(11)12;8-6-3-1-5(2-4-6)7(9)10/h1-6,10H,(H,11,12);1-4,8H,(H,9,10)/b6-3+;. The molecule has 2 aromatic rings. The molecule has 0 fully saturated rings. The Labute approximate surface area is 126 Å². The monoisotopic (exact) mass is 302 g/mol. The van der Waals surface area contributed by atoms with Crippen LogP contribution in [-0.4, -0.2) is 32.4 Å². The third-order valence-electron chi connectivity index (χ3n) is 2.43. The topological polar surface area (TPSA) is 115 Å². The van der Waals surface area contributed by atoms with E-state index in [0.717, 1.165) is 11.6 Å².